The summed E-state index contributed by atoms with van der Waals surface area (Å²) >= 11 is 0. The first-order chi connectivity index (χ1) is 11.9. The van der Waals surface area contributed by atoms with E-state index in [-0.39, 0.29) is 11.4 Å². The van der Waals surface area contributed by atoms with Crippen molar-refractivity contribution in [2.45, 2.75) is 18.2 Å². The molecule has 0 amide bonds. The van der Waals surface area contributed by atoms with Crippen LogP contribution in [0.3, 0.4) is 0 Å². The molecule has 0 fully saturated rings. The number of rotatable bonds is 8. The molecule has 2 aromatic carbocycles. The summed E-state index contributed by atoms with van der Waals surface area (Å²) in [7, 11) is 0.932. The lowest BCUT2D eigenvalue weighted by molar-refractivity contribution is 0.391. The Bertz CT molecular complexity index is 833. The maximum absolute atomic E-state index is 12.6. The molecule has 0 saturated heterocycles. The molecule has 0 aliphatic heterocycles. The first-order valence-corrected chi connectivity index (χ1v) is 9.25. The highest BCUT2D eigenvalue weighted by Gasteiger charge is 2.19. The van der Waals surface area contributed by atoms with Crippen LogP contribution in [0.25, 0.3) is 0 Å². The number of hydrogen-bond donors (Lipinski definition) is 1. The van der Waals surface area contributed by atoms with E-state index >= 15 is 0 Å². The van der Waals surface area contributed by atoms with E-state index in [1.807, 2.05) is 19.1 Å². The molecule has 0 unspecified atom stereocenters. The van der Waals surface area contributed by atoms with Crippen LogP contribution in [0.15, 0.2) is 41.3 Å². The van der Waals surface area contributed by atoms with E-state index in [0.717, 1.165) is 11.1 Å². The van der Waals surface area contributed by atoms with Gasteiger partial charge in [0.2, 0.25) is 10.0 Å². The van der Waals surface area contributed by atoms with Crippen molar-refractivity contribution in [3.05, 3.63) is 47.5 Å². The zero-order valence-electron chi connectivity index (χ0n) is 14.8. The standard InChI is InChI=1S/C18H23NO5S/c1-13-5-8-16(23-3)18(11-13)25(20,21)19-10-9-14-6-7-15(22-2)12-17(14)24-4/h5-8,11-12,19H,9-10H2,1-4H3. The van der Waals surface area contributed by atoms with Gasteiger partial charge in [-0.15, -0.1) is 0 Å². The van der Waals surface area contributed by atoms with E-state index in [1.54, 1.807) is 38.5 Å². The van der Waals surface area contributed by atoms with Crippen LogP contribution >= 0.6 is 0 Å². The van der Waals surface area contributed by atoms with E-state index in [1.165, 1.54) is 7.11 Å². The minimum Gasteiger partial charge on any atom is -0.497 e. The van der Waals surface area contributed by atoms with Gasteiger partial charge in [0, 0.05) is 12.6 Å². The lowest BCUT2D eigenvalue weighted by atomic mass is 10.1. The molecule has 0 spiro atoms. The topological polar surface area (TPSA) is 73.9 Å². The molecule has 0 heterocycles. The largest absolute Gasteiger partial charge is 0.497 e. The van der Waals surface area contributed by atoms with Gasteiger partial charge < -0.3 is 14.2 Å². The van der Waals surface area contributed by atoms with Gasteiger partial charge in [0.15, 0.2) is 0 Å². The molecule has 25 heavy (non-hydrogen) atoms. The molecular formula is C18H23NO5S. The monoisotopic (exact) mass is 365 g/mol. The zero-order chi connectivity index (χ0) is 18.4. The van der Waals surface area contributed by atoms with E-state index in [4.69, 9.17) is 14.2 Å². The van der Waals surface area contributed by atoms with Crippen molar-refractivity contribution in [2.24, 2.45) is 0 Å². The highest BCUT2D eigenvalue weighted by molar-refractivity contribution is 7.89. The molecule has 0 atom stereocenters. The summed E-state index contributed by atoms with van der Waals surface area (Å²) in [5.41, 5.74) is 1.74. The van der Waals surface area contributed by atoms with Crippen LogP contribution in [-0.2, 0) is 16.4 Å². The van der Waals surface area contributed by atoms with Crippen LogP contribution in [-0.4, -0.2) is 36.3 Å². The molecule has 136 valence electrons. The van der Waals surface area contributed by atoms with E-state index in [2.05, 4.69) is 4.72 Å². The normalized spacial score (nSPS) is 11.2. The molecular weight excluding hydrogens is 342 g/mol. The Morgan fingerprint density at radius 1 is 0.920 bits per heavy atom. The number of aryl methyl sites for hydroxylation is 1. The summed E-state index contributed by atoms with van der Waals surface area (Å²) < 4.78 is 43.4. The second kappa shape index (κ2) is 8.22. The molecule has 6 nitrogen and oxygen atoms in total. The first kappa shape index (κ1) is 19.1. The van der Waals surface area contributed by atoms with Gasteiger partial charge >= 0.3 is 0 Å². The van der Waals surface area contributed by atoms with E-state index < -0.39 is 10.0 Å². The average Bonchev–Trinajstić information content (AvgIpc) is 2.61. The van der Waals surface area contributed by atoms with Crippen LogP contribution in [0.4, 0.5) is 0 Å². The van der Waals surface area contributed by atoms with Crippen molar-refractivity contribution in [3.63, 3.8) is 0 Å². The molecule has 0 saturated carbocycles. The second-order valence-electron chi connectivity index (χ2n) is 5.48. The number of sulfonamides is 1. The summed E-state index contributed by atoms with van der Waals surface area (Å²) in [4.78, 5) is 0.136. The SMILES string of the molecule is COc1ccc(CCNS(=O)(=O)c2cc(C)ccc2OC)c(OC)c1. The third-order valence-corrected chi connectivity index (χ3v) is 5.27. The zero-order valence-corrected chi connectivity index (χ0v) is 15.6. The van der Waals surface area contributed by atoms with Gasteiger partial charge in [-0.1, -0.05) is 12.1 Å². The average molecular weight is 365 g/mol. The van der Waals surface area contributed by atoms with Crippen LogP contribution < -0.4 is 18.9 Å². The Morgan fingerprint density at radius 2 is 1.64 bits per heavy atom. The van der Waals surface area contributed by atoms with Gasteiger partial charge in [-0.05, 0) is 42.7 Å². The molecule has 0 aromatic heterocycles. The van der Waals surface area contributed by atoms with Crippen molar-refractivity contribution >= 4 is 10.0 Å². The van der Waals surface area contributed by atoms with Gasteiger partial charge in [-0.2, -0.15) is 0 Å². The van der Waals surface area contributed by atoms with Crippen LogP contribution in [0.5, 0.6) is 17.2 Å². The molecule has 1 N–H and O–H groups in total. The van der Waals surface area contributed by atoms with Crippen molar-refractivity contribution in [1.82, 2.24) is 4.72 Å². The Balaban J connectivity index is 2.12. The van der Waals surface area contributed by atoms with Crippen molar-refractivity contribution < 1.29 is 22.6 Å². The molecule has 0 aliphatic carbocycles. The summed E-state index contributed by atoms with van der Waals surface area (Å²) in [6, 6.07) is 10.5. The Hall–Kier alpha value is -2.25. The molecule has 7 heteroatoms. The Kier molecular flexibility index (Phi) is 6.27. The molecule has 0 bridgehead atoms. The van der Waals surface area contributed by atoms with E-state index in [9.17, 15) is 8.42 Å². The van der Waals surface area contributed by atoms with Crippen LogP contribution in [0.1, 0.15) is 11.1 Å². The predicted octanol–water partition coefficient (Wildman–Crippen LogP) is 2.54. The summed E-state index contributed by atoms with van der Waals surface area (Å²) in [6.07, 6.45) is 0.487. The van der Waals surface area contributed by atoms with Crippen LogP contribution in [0.2, 0.25) is 0 Å². The number of methoxy groups -OCH3 is 3. The van der Waals surface area contributed by atoms with Gasteiger partial charge in [0.05, 0.1) is 21.3 Å². The quantitative estimate of drug-likeness (QED) is 0.778. The fourth-order valence-electron chi connectivity index (χ4n) is 2.45. The summed E-state index contributed by atoms with van der Waals surface area (Å²) in [6.45, 7) is 2.07. The molecule has 2 rings (SSSR count). The number of nitrogens with one attached hydrogen (secondary N) is 1. The fraction of sp³-hybridized carbons (Fsp3) is 0.333. The van der Waals surface area contributed by atoms with Gasteiger partial charge in [0.1, 0.15) is 22.1 Å². The highest BCUT2D eigenvalue weighted by Crippen LogP contribution is 2.26. The second-order valence-corrected chi connectivity index (χ2v) is 7.22. The van der Waals surface area contributed by atoms with Crippen molar-refractivity contribution in [2.75, 3.05) is 27.9 Å². The fourth-order valence-corrected chi connectivity index (χ4v) is 3.73. The van der Waals surface area contributed by atoms with E-state index in [0.29, 0.717) is 23.7 Å². The van der Waals surface area contributed by atoms with Crippen molar-refractivity contribution in [3.8, 4) is 17.2 Å². The Labute approximate surface area is 148 Å². The van der Waals surface area contributed by atoms with Gasteiger partial charge in [0.25, 0.3) is 0 Å². The van der Waals surface area contributed by atoms with Crippen LogP contribution in [0, 0.1) is 6.92 Å². The summed E-state index contributed by atoms with van der Waals surface area (Å²) in [5.74, 6) is 1.66. The molecule has 2 aromatic rings. The lowest BCUT2D eigenvalue weighted by Gasteiger charge is -2.13. The van der Waals surface area contributed by atoms with Gasteiger partial charge in [-0.3, -0.25) is 0 Å². The third-order valence-electron chi connectivity index (χ3n) is 3.79. The molecule has 0 radical (unpaired) electrons. The number of ether oxygens (including phenoxy) is 3. The summed E-state index contributed by atoms with van der Waals surface area (Å²) in [5, 5.41) is 0. The molecule has 0 aliphatic rings. The highest BCUT2D eigenvalue weighted by atomic mass is 32.2. The minimum atomic E-state index is -3.67. The maximum Gasteiger partial charge on any atom is 0.244 e. The van der Waals surface area contributed by atoms with Gasteiger partial charge in [-0.25, -0.2) is 13.1 Å². The maximum atomic E-state index is 12.6. The minimum absolute atomic E-state index is 0.136. The first-order valence-electron chi connectivity index (χ1n) is 7.76. The Morgan fingerprint density at radius 3 is 2.28 bits per heavy atom. The third kappa shape index (κ3) is 4.64. The number of benzene rings is 2. The van der Waals surface area contributed by atoms with Crippen molar-refractivity contribution in [1.29, 1.82) is 0 Å². The predicted molar refractivity (Wildman–Crippen MR) is 96.2 cm³/mol. The smallest absolute Gasteiger partial charge is 0.244 e. The lowest BCUT2D eigenvalue weighted by Crippen LogP contribution is -2.26. The number of hydrogen-bond acceptors (Lipinski definition) is 5.